The molecule has 1 aromatic carbocycles. The number of hydrogen-bond acceptors (Lipinski definition) is 2. The molecule has 2 rings (SSSR count). The number of nitriles is 1. The van der Waals surface area contributed by atoms with Crippen molar-refractivity contribution in [3.63, 3.8) is 0 Å². The quantitative estimate of drug-likeness (QED) is 0.800. The molecule has 1 aliphatic heterocycles. The minimum Gasteiger partial charge on any atom is -0.341 e. The molecule has 1 aromatic rings. The fourth-order valence-corrected chi connectivity index (χ4v) is 2.39. The molecule has 1 atom stereocenters. The highest BCUT2D eigenvalue weighted by atomic mass is 16.2. The molecule has 3 nitrogen and oxygen atoms in total. The smallest absolute Gasteiger partial charge is 0.242 e. The lowest BCUT2D eigenvalue weighted by atomic mass is 9.94. The van der Waals surface area contributed by atoms with Gasteiger partial charge in [0.25, 0.3) is 0 Å². The van der Waals surface area contributed by atoms with Gasteiger partial charge in [0.1, 0.15) is 5.41 Å². The van der Waals surface area contributed by atoms with Crippen LogP contribution in [0, 0.1) is 16.7 Å². The third kappa shape index (κ3) is 2.38. The van der Waals surface area contributed by atoms with Crippen molar-refractivity contribution in [1.82, 2.24) is 4.90 Å². The Hall–Kier alpha value is -1.82. The molecular formula is C15H18N2O. The van der Waals surface area contributed by atoms with E-state index < -0.39 is 5.41 Å². The van der Waals surface area contributed by atoms with E-state index in [1.54, 1.807) is 13.8 Å². The van der Waals surface area contributed by atoms with Crippen LogP contribution in [0.5, 0.6) is 0 Å². The molecule has 0 saturated carbocycles. The van der Waals surface area contributed by atoms with E-state index in [1.165, 1.54) is 5.56 Å². The van der Waals surface area contributed by atoms with Crippen LogP contribution in [-0.2, 0) is 4.79 Å². The van der Waals surface area contributed by atoms with Crippen LogP contribution in [0.1, 0.15) is 31.7 Å². The highest BCUT2D eigenvalue weighted by molar-refractivity contribution is 5.84. The van der Waals surface area contributed by atoms with Gasteiger partial charge in [-0.1, -0.05) is 30.3 Å². The lowest BCUT2D eigenvalue weighted by Gasteiger charge is -2.23. The SMILES string of the molecule is CC(C)(C#N)C(=O)N1CC[C@H](c2ccccc2)C1. The molecule has 0 bridgehead atoms. The van der Waals surface area contributed by atoms with Crippen molar-refractivity contribution in [3.05, 3.63) is 35.9 Å². The first-order valence-electron chi connectivity index (χ1n) is 6.30. The molecule has 18 heavy (non-hydrogen) atoms. The number of rotatable bonds is 2. The van der Waals surface area contributed by atoms with Crippen molar-refractivity contribution in [2.75, 3.05) is 13.1 Å². The van der Waals surface area contributed by atoms with Gasteiger partial charge in [0.15, 0.2) is 0 Å². The third-order valence-electron chi connectivity index (χ3n) is 3.56. The summed E-state index contributed by atoms with van der Waals surface area (Å²) in [5.74, 6) is 0.355. The monoisotopic (exact) mass is 242 g/mol. The van der Waals surface area contributed by atoms with E-state index in [0.29, 0.717) is 5.92 Å². The maximum absolute atomic E-state index is 12.2. The first-order chi connectivity index (χ1) is 8.54. The van der Waals surface area contributed by atoms with Crippen LogP contribution in [-0.4, -0.2) is 23.9 Å². The Morgan fingerprint density at radius 3 is 2.67 bits per heavy atom. The van der Waals surface area contributed by atoms with Crippen molar-refractivity contribution in [2.45, 2.75) is 26.2 Å². The Labute approximate surface area is 108 Å². The molecule has 1 aliphatic rings. The average molecular weight is 242 g/mol. The molecule has 1 heterocycles. The molecule has 0 spiro atoms. The maximum atomic E-state index is 12.2. The fourth-order valence-electron chi connectivity index (χ4n) is 2.39. The standard InChI is InChI=1S/C15H18N2O/c1-15(2,11-16)14(18)17-9-8-13(10-17)12-6-4-3-5-7-12/h3-7,13H,8-10H2,1-2H3/t13-/m0/s1. The summed E-state index contributed by atoms with van der Waals surface area (Å²) >= 11 is 0. The van der Waals surface area contributed by atoms with Gasteiger partial charge >= 0.3 is 0 Å². The van der Waals surface area contributed by atoms with E-state index in [2.05, 4.69) is 18.2 Å². The number of amides is 1. The van der Waals surface area contributed by atoms with Crippen molar-refractivity contribution >= 4 is 5.91 Å². The summed E-state index contributed by atoms with van der Waals surface area (Å²) < 4.78 is 0. The molecular weight excluding hydrogens is 224 g/mol. The van der Waals surface area contributed by atoms with Gasteiger partial charge in [-0.25, -0.2) is 0 Å². The minimum absolute atomic E-state index is 0.0524. The second-order valence-electron chi connectivity index (χ2n) is 5.38. The van der Waals surface area contributed by atoms with Crippen molar-refractivity contribution in [3.8, 4) is 6.07 Å². The zero-order valence-corrected chi connectivity index (χ0v) is 10.9. The molecule has 0 radical (unpaired) electrons. The second kappa shape index (κ2) is 4.81. The second-order valence-corrected chi connectivity index (χ2v) is 5.38. The fraction of sp³-hybridized carbons (Fsp3) is 0.467. The predicted molar refractivity (Wildman–Crippen MR) is 69.8 cm³/mol. The van der Waals surface area contributed by atoms with Crippen molar-refractivity contribution in [2.24, 2.45) is 5.41 Å². The van der Waals surface area contributed by atoms with Crippen LogP contribution in [0.4, 0.5) is 0 Å². The van der Waals surface area contributed by atoms with Crippen LogP contribution >= 0.6 is 0 Å². The van der Waals surface area contributed by atoms with Gasteiger partial charge in [0.2, 0.25) is 5.91 Å². The molecule has 1 saturated heterocycles. The minimum atomic E-state index is -0.911. The lowest BCUT2D eigenvalue weighted by molar-refractivity contribution is -0.136. The highest BCUT2D eigenvalue weighted by Gasteiger charge is 2.36. The average Bonchev–Trinajstić information content (AvgIpc) is 2.88. The van der Waals surface area contributed by atoms with Crippen LogP contribution in [0.25, 0.3) is 0 Å². The summed E-state index contributed by atoms with van der Waals surface area (Å²) in [5, 5.41) is 9.01. The number of benzene rings is 1. The van der Waals surface area contributed by atoms with E-state index in [0.717, 1.165) is 19.5 Å². The van der Waals surface area contributed by atoms with Gasteiger partial charge < -0.3 is 4.90 Å². The summed E-state index contributed by atoms with van der Waals surface area (Å²) in [6.45, 7) is 4.85. The Morgan fingerprint density at radius 1 is 1.39 bits per heavy atom. The Balaban J connectivity index is 2.06. The molecule has 0 aromatic heterocycles. The third-order valence-corrected chi connectivity index (χ3v) is 3.56. The number of carbonyl (C=O) groups excluding carboxylic acids is 1. The molecule has 1 fully saturated rings. The molecule has 0 unspecified atom stereocenters. The zero-order valence-electron chi connectivity index (χ0n) is 10.9. The van der Waals surface area contributed by atoms with E-state index >= 15 is 0 Å². The largest absolute Gasteiger partial charge is 0.341 e. The van der Waals surface area contributed by atoms with E-state index in [9.17, 15) is 4.79 Å². The summed E-state index contributed by atoms with van der Waals surface area (Å²) in [6, 6.07) is 12.3. The normalized spacial score (nSPS) is 19.6. The van der Waals surface area contributed by atoms with Gasteiger partial charge in [-0.15, -0.1) is 0 Å². The number of hydrogen-bond donors (Lipinski definition) is 0. The zero-order chi connectivity index (χ0) is 13.2. The maximum Gasteiger partial charge on any atom is 0.242 e. The molecule has 0 N–H and O–H groups in total. The topological polar surface area (TPSA) is 44.1 Å². The first-order valence-corrected chi connectivity index (χ1v) is 6.30. The molecule has 94 valence electrons. The molecule has 0 aliphatic carbocycles. The molecule has 1 amide bonds. The predicted octanol–water partition coefficient (Wildman–Crippen LogP) is 2.55. The van der Waals surface area contributed by atoms with E-state index in [-0.39, 0.29) is 5.91 Å². The number of nitrogens with zero attached hydrogens (tertiary/aromatic N) is 2. The van der Waals surface area contributed by atoms with Gasteiger partial charge in [-0.2, -0.15) is 5.26 Å². The van der Waals surface area contributed by atoms with Gasteiger partial charge in [-0.3, -0.25) is 4.79 Å². The lowest BCUT2D eigenvalue weighted by Crippen LogP contribution is -2.38. The summed E-state index contributed by atoms with van der Waals surface area (Å²) in [6.07, 6.45) is 0.983. The Kier molecular flexibility index (Phi) is 3.38. The number of carbonyl (C=O) groups is 1. The van der Waals surface area contributed by atoms with Crippen LogP contribution in [0.15, 0.2) is 30.3 Å². The van der Waals surface area contributed by atoms with Gasteiger partial charge in [0, 0.05) is 19.0 Å². The Bertz CT molecular complexity index is 473. The van der Waals surface area contributed by atoms with Crippen LogP contribution in [0.2, 0.25) is 0 Å². The highest BCUT2D eigenvalue weighted by Crippen LogP contribution is 2.29. The molecule has 3 heteroatoms. The van der Waals surface area contributed by atoms with Crippen molar-refractivity contribution in [1.29, 1.82) is 5.26 Å². The van der Waals surface area contributed by atoms with Crippen LogP contribution in [0.3, 0.4) is 0 Å². The van der Waals surface area contributed by atoms with Gasteiger partial charge in [0.05, 0.1) is 6.07 Å². The summed E-state index contributed by atoms with van der Waals surface area (Å²) in [7, 11) is 0. The van der Waals surface area contributed by atoms with E-state index in [1.807, 2.05) is 23.1 Å². The van der Waals surface area contributed by atoms with Gasteiger partial charge in [-0.05, 0) is 25.8 Å². The number of likely N-dealkylation sites (tertiary alicyclic amines) is 1. The Morgan fingerprint density at radius 2 is 2.06 bits per heavy atom. The van der Waals surface area contributed by atoms with Crippen molar-refractivity contribution < 1.29 is 4.79 Å². The summed E-state index contributed by atoms with van der Waals surface area (Å²) in [5.41, 5.74) is 0.369. The summed E-state index contributed by atoms with van der Waals surface area (Å²) in [4.78, 5) is 14.0. The van der Waals surface area contributed by atoms with E-state index in [4.69, 9.17) is 5.26 Å². The first kappa shape index (κ1) is 12.6. The van der Waals surface area contributed by atoms with Crippen LogP contribution < -0.4 is 0 Å².